The standard InChI is InChI=1S/C24H19F5/c1-23(2,3)17-13-21(25)19(22(26)14-17)11-15-9-10-18(16-7-5-4-6-8-16)20(12-15)24(27,28)29/h4-10,12-14H,1-3H3. The summed E-state index contributed by atoms with van der Waals surface area (Å²) in [6.07, 6.45) is -2.17. The van der Waals surface area contributed by atoms with E-state index < -0.39 is 34.4 Å². The minimum Gasteiger partial charge on any atom is -0.207 e. The first-order chi connectivity index (χ1) is 13.5. The fourth-order valence-electron chi connectivity index (χ4n) is 3.00. The summed E-state index contributed by atoms with van der Waals surface area (Å²) >= 11 is 0. The highest BCUT2D eigenvalue weighted by Crippen LogP contribution is 2.38. The van der Waals surface area contributed by atoms with Gasteiger partial charge in [0.1, 0.15) is 11.6 Å². The molecule has 5 heteroatoms. The van der Waals surface area contributed by atoms with Crippen molar-refractivity contribution in [2.45, 2.75) is 32.4 Å². The van der Waals surface area contributed by atoms with E-state index in [-0.39, 0.29) is 11.1 Å². The Kier molecular flexibility index (Phi) is 5.52. The van der Waals surface area contributed by atoms with Crippen LogP contribution in [0.15, 0.2) is 60.7 Å². The second kappa shape index (κ2) is 7.62. The maximum atomic E-state index is 14.5. The summed E-state index contributed by atoms with van der Waals surface area (Å²) in [5.41, 5.74) is -1.06. The van der Waals surface area contributed by atoms with Gasteiger partial charge in [-0.25, -0.2) is 8.78 Å². The molecule has 0 aromatic heterocycles. The average molecular weight is 402 g/mol. The molecule has 0 heterocycles. The SMILES string of the molecule is CC(C)(C)c1cc(F)c([C]c2ccc(-c3ccccc3)c(C(F)(F)F)c2)c(F)c1. The largest absolute Gasteiger partial charge is 0.417 e. The Bertz CT molecular complexity index is 989. The Morgan fingerprint density at radius 2 is 1.34 bits per heavy atom. The van der Waals surface area contributed by atoms with Gasteiger partial charge in [-0.15, -0.1) is 0 Å². The molecule has 0 fully saturated rings. The van der Waals surface area contributed by atoms with Crippen LogP contribution < -0.4 is 0 Å². The van der Waals surface area contributed by atoms with Gasteiger partial charge >= 0.3 is 6.18 Å². The lowest BCUT2D eigenvalue weighted by Gasteiger charge is -2.20. The van der Waals surface area contributed by atoms with Crippen LogP contribution in [0.1, 0.15) is 43.0 Å². The van der Waals surface area contributed by atoms with E-state index in [1.807, 2.05) is 20.8 Å². The molecule has 0 nitrogen and oxygen atoms in total. The van der Waals surface area contributed by atoms with Crippen LogP contribution in [0.5, 0.6) is 0 Å². The summed E-state index contributed by atoms with van der Waals surface area (Å²) < 4.78 is 69.8. The molecular formula is C24H19F5. The lowest BCUT2D eigenvalue weighted by molar-refractivity contribution is -0.137. The molecule has 0 N–H and O–H groups in total. The first kappa shape index (κ1) is 21.0. The van der Waals surface area contributed by atoms with Crippen molar-refractivity contribution in [2.24, 2.45) is 0 Å². The summed E-state index contributed by atoms with van der Waals surface area (Å²) in [6, 6.07) is 14.0. The highest BCUT2D eigenvalue weighted by atomic mass is 19.4. The Balaban J connectivity index is 2.03. The molecule has 3 aromatic rings. The highest BCUT2D eigenvalue weighted by Gasteiger charge is 2.34. The molecule has 3 rings (SSSR count). The van der Waals surface area contributed by atoms with E-state index in [9.17, 15) is 22.0 Å². The summed E-state index contributed by atoms with van der Waals surface area (Å²) in [4.78, 5) is 0. The van der Waals surface area contributed by atoms with Crippen LogP contribution in [0.25, 0.3) is 11.1 Å². The van der Waals surface area contributed by atoms with E-state index >= 15 is 0 Å². The van der Waals surface area contributed by atoms with Gasteiger partial charge in [-0.3, -0.25) is 0 Å². The molecule has 29 heavy (non-hydrogen) atoms. The average Bonchev–Trinajstić information content (AvgIpc) is 2.63. The monoisotopic (exact) mass is 402 g/mol. The molecule has 2 radical (unpaired) electrons. The first-order valence-electron chi connectivity index (χ1n) is 9.00. The quantitative estimate of drug-likeness (QED) is 0.400. The highest BCUT2D eigenvalue weighted by molar-refractivity contribution is 5.69. The second-order valence-electron chi connectivity index (χ2n) is 7.81. The molecule has 3 aromatic carbocycles. The van der Waals surface area contributed by atoms with Crippen LogP contribution in [0.3, 0.4) is 0 Å². The zero-order valence-electron chi connectivity index (χ0n) is 16.2. The van der Waals surface area contributed by atoms with Gasteiger partial charge in [-0.2, -0.15) is 13.2 Å². The summed E-state index contributed by atoms with van der Waals surface area (Å²) in [7, 11) is 0. The van der Waals surface area contributed by atoms with Crippen LogP contribution in [0, 0.1) is 18.1 Å². The molecule has 0 aliphatic rings. The smallest absolute Gasteiger partial charge is 0.207 e. The van der Waals surface area contributed by atoms with Crippen molar-refractivity contribution in [2.75, 3.05) is 0 Å². The molecule has 0 bridgehead atoms. The zero-order chi connectivity index (χ0) is 21.4. The molecule has 0 saturated carbocycles. The van der Waals surface area contributed by atoms with Crippen LogP contribution in [0.4, 0.5) is 22.0 Å². The molecular weight excluding hydrogens is 383 g/mol. The van der Waals surface area contributed by atoms with Crippen molar-refractivity contribution in [1.29, 1.82) is 0 Å². The Hall–Kier alpha value is -2.69. The lowest BCUT2D eigenvalue weighted by Crippen LogP contribution is -2.13. The first-order valence-corrected chi connectivity index (χ1v) is 9.00. The van der Waals surface area contributed by atoms with Gasteiger partial charge in [0.25, 0.3) is 0 Å². The third kappa shape index (κ3) is 4.66. The van der Waals surface area contributed by atoms with Crippen molar-refractivity contribution in [3.63, 3.8) is 0 Å². The van der Waals surface area contributed by atoms with E-state index in [0.29, 0.717) is 11.1 Å². The van der Waals surface area contributed by atoms with E-state index in [4.69, 9.17) is 0 Å². The van der Waals surface area contributed by atoms with E-state index in [2.05, 4.69) is 6.42 Å². The summed E-state index contributed by atoms with van der Waals surface area (Å²) in [5, 5.41) is 0. The maximum absolute atomic E-state index is 14.5. The Labute approximate surface area is 167 Å². The number of benzene rings is 3. The van der Waals surface area contributed by atoms with Crippen molar-refractivity contribution in [3.05, 3.63) is 101 Å². The van der Waals surface area contributed by atoms with Crippen molar-refractivity contribution in [3.8, 4) is 11.1 Å². The van der Waals surface area contributed by atoms with E-state index in [1.54, 1.807) is 30.3 Å². The molecule has 150 valence electrons. The molecule has 0 aliphatic heterocycles. The van der Waals surface area contributed by atoms with Gasteiger partial charge in [0.15, 0.2) is 0 Å². The van der Waals surface area contributed by atoms with Gasteiger partial charge < -0.3 is 0 Å². The molecule has 0 spiro atoms. The molecule has 0 atom stereocenters. The number of hydrogen-bond donors (Lipinski definition) is 0. The summed E-state index contributed by atoms with van der Waals surface area (Å²) in [5.74, 6) is -1.73. The maximum Gasteiger partial charge on any atom is 0.417 e. The van der Waals surface area contributed by atoms with E-state index in [0.717, 1.165) is 6.07 Å². The third-order valence-electron chi connectivity index (χ3n) is 4.59. The van der Waals surface area contributed by atoms with Crippen molar-refractivity contribution < 1.29 is 22.0 Å². The molecule has 0 amide bonds. The van der Waals surface area contributed by atoms with Crippen LogP contribution in [-0.2, 0) is 11.6 Å². The van der Waals surface area contributed by atoms with Gasteiger partial charge in [0, 0.05) is 5.56 Å². The van der Waals surface area contributed by atoms with Crippen LogP contribution in [-0.4, -0.2) is 0 Å². The Morgan fingerprint density at radius 3 is 1.86 bits per heavy atom. The van der Waals surface area contributed by atoms with Crippen molar-refractivity contribution in [1.82, 2.24) is 0 Å². The van der Waals surface area contributed by atoms with Gasteiger partial charge in [0.05, 0.1) is 12.0 Å². The van der Waals surface area contributed by atoms with Crippen molar-refractivity contribution >= 4 is 0 Å². The number of alkyl halides is 3. The number of hydrogen-bond acceptors (Lipinski definition) is 0. The fourth-order valence-corrected chi connectivity index (χ4v) is 3.00. The minimum absolute atomic E-state index is 0.00678. The molecule has 0 aliphatic carbocycles. The second-order valence-corrected chi connectivity index (χ2v) is 7.81. The zero-order valence-corrected chi connectivity index (χ0v) is 16.2. The van der Waals surface area contributed by atoms with Crippen LogP contribution in [0.2, 0.25) is 0 Å². The summed E-state index contributed by atoms with van der Waals surface area (Å²) in [6.45, 7) is 5.44. The van der Waals surface area contributed by atoms with Crippen LogP contribution >= 0.6 is 0 Å². The molecule has 0 saturated heterocycles. The van der Waals surface area contributed by atoms with Gasteiger partial charge in [0.2, 0.25) is 0 Å². The predicted octanol–water partition coefficient (Wildman–Crippen LogP) is 7.43. The topological polar surface area (TPSA) is 0 Å². The lowest BCUT2D eigenvalue weighted by atomic mass is 9.85. The Morgan fingerprint density at radius 1 is 0.759 bits per heavy atom. The van der Waals surface area contributed by atoms with Gasteiger partial charge in [-0.1, -0.05) is 63.2 Å². The number of halogens is 5. The fraction of sp³-hybridized carbons (Fsp3) is 0.208. The number of rotatable bonds is 3. The third-order valence-corrected chi connectivity index (χ3v) is 4.59. The minimum atomic E-state index is -4.63. The predicted molar refractivity (Wildman–Crippen MR) is 103 cm³/mol. The molecule has 0 unspecified atom stereocenters. The van der Waals surface area contributed by atoms with Gasteiger partial charge in [-0.05, 0) is 45.9 Å². The normalized spacial score (nSPS) is 12.3. The van der Waals surface area contributed by atoms with E-state index in [1.165, 1.54) is 24.3 Å².